The number of aryl methyl sites for hydroxylation is 1. The molecule has 2 heterocycles. The van der Waals surface area contributed by atoms with Gasteiger partial charge in [-0.15, -0.1) is 0 Å². The Morgan fingerprint density at radius 3 is 2.78 bits per heavy atom. The number of rotatable bonds is 3. The molecule has 0 amide bonds. The van der Waals surface area contributed by atoms with Gasteiger partial charge in [-0.2, -0.15) is 0 Å². The predicted molar refractivity (Wildman–Crippen MR) is 69.1 cm³/mol. The number of aromatic nitrogens is 2. The van der Waals surface area contributed by atoms with Crippen molar-refractivity contribution in [1.82, 2.24) is 9.55 Å². The van der Waals surface area contributed by atoms with Gasteiger partial charge in [-0.05, 0) is 32.0 Å². The predicted octanol–water partition coefficient (Wildman–Crippen LogP) is 2.74. The summed E-state index contributed by atoms with van der Waals surface area (Å²) in [6, 6.07) is 7.57. The van der Waals surface area contributed by atoms with Crippen LogP contribution in [0.5, 0.6) is 0 Å². The van der Waals surface area contributed by atoms with Crippen LogP contribution in [-0.4, -0.2) is 14.5 Å². The van der Waals surface area contributed by atoms with Crippen molar-refractivity contribution in [2.24, 2.45) is 0 Å². The summed E-state index contributed by atoms with van der Waals surface area (Å²) in [4.78, 5) is 14.2. The van der Waals surface area contributed by atoms with Crippen molar-refractivity contribution in [3.8, 4) is 5.82 Å². The number of nitro groups is 1. The Morgan fingerprint density at radius 1 is 1.39 bits per heavy atom. The first-order valence-electron chi connectivity index (χ1n) is 5.51. The second kappa shape index (κ2) is 4.83. The Balaban J connectivity index is 2.48. The lowest BCUT2D eigenvalue weighted by atomic mass is 10.2. The van der Waals surface area contributed by atoms with Crippen LogP contribution < -0.4 is 0 Å². The van der Waals surface area contributed by atoms with Gasteiger partial charge >= 0.3 is 0 Å². The molecule has 2 rings (SSSR count). The van der Waals surface area contributed by atoms with Crippen molar-refractivity contribution in [3.05, 3.63) is 63.7 Å². The molecule has 0 saturated carbocycles. The second-order valence-electron chi connectivity index (χ2n) is 3.95. The minimum atomic E-state index is -0.465. The molecule has 0 radical (unpaired) electrons. The van der Waals surface area contributed by atoms with Crippen LogP contribution in [0.3, 0.4) is 0 Å². The van der Waals surface area contributed by atoms with Gasteiger partial charge in [-0.1, -0.05) is 6.07 Å². The van der Waals surface area contributed by atoms with Crippen molar-refractivity contribution in [1.29, 1.82) is 0 Å². The van der Waals surface area contributed by atoms with Gasteiger partial charge in [-0.25, -0.2) is 4.98 Å². The highest BCUT2D eigenvalue weighted by Crippen LogP contribution is 2.20. The minimum Gasteiger partial charge on any atom is -0.303 e. The van der Waals surface area contributed by atoms with E-state index in [0.717, 1.165) is 29.0 Å². The summed E-state index contributed by atoms with van der Waals surface area (Å²) in [7, 11) is 0. The first-order valence-corrected chi connectivity index (χ1v) is 5.51. The van der Waals surface area contributed by atoms with Crippen LogP contribution in [0.1, 0.15) is 17.0 Å². The van der Waals surface area contributed by atoms with Gasteiger partial charge in [0, 0.05) is 29.2 Å². The van der Waals surface area contributed by atoms with Gasteiger partial charge in [0.2, 0.25) is 6.20 Å². The highest BCUT2D eigenvalue weighted by atomic mass is 16.6. The van der Waals surface area contributed by atoms with Crippen molar-refractivity contribution in [3.63, 3.8) is 0 Å². The summed E-state index contributed by atoms with van der Waals surface area (Å²) in [6.45, 7) is 3.87. The fourth-order valence-corrected chi connectivity index (χ4v) is 1.94. The van der Waals surface area contributed by atoms with E-state index in [1.807, 2.05) is 42.7 Å². The summed E-state index contributed by atoms with van der Waals surface area (Å²) >= 11 is 0. The Morgan fingerprint density at radius 2 is 2.17 bits per heavy atom. The molecule has 2 aromatic heterocycles. The zero-order valence-corrected chi connectivity index (χ0v) is 10.2. The van der Waals surface area contributed by atoms with Crippen molar-refractivity contribution < 1.29 is 4.92 Å². The summed E-state index contributed by atoms with van der Waals surface area (Å²) in [5, 5.41) is 10.3. The number of hydrogen-bond acceptors (Lipinski definition) is 3. The van der Waals surface area contributed by atoms with Crippen LogP contribution in [0, 0.1) is 24.0 Å². The van der Waals surface area contributed by atoms with E-state index in [4.69, 9.17) is 0 Å². The highest BCUT2D eigenvalue weighted by molar-refractivity contribution is 5.54. The van der Waals surface area contributed by atoms with E-state index in [0.29, 0.717) is 0 Å². The standard InChI is InChI=1S/C13H13N3O2/c1-10-9-12(6-8-15(17)18)11(2)16(10)13-5-3-4-7-14-13/h3-9H,1-2H3/b8-6+. The van der Waals surface area contributed by atoms with E-state index in [9.17, 15) is 10.1 Å². The van der Waals surface area contributed by atoms with Crippen LogP contribution in [0.2, 0.25) is 0 Å². The van der Waals surface area contributed by atoms with Gasteiger partial charge in [0.1, 0.15) is 5.82 Å². The second-order valence-corrected chi connectivity index (χ2v) is 3.95. The molecule has 18 heavy (non-hydrogen) atoms. The summed E-state index contributed by atoms with van der Waals surface area (Å²) in [5.41, 5.74) is 2.76. The van der Waals surface area contributed by atoms with Crippen LogP contribution >= 0.6 is 0 Å². The Hall–Kier alpha value is -2.43. The largest absolute Gasteiger partial charge is 0.303 e. The number of nitrogens with zero attached hydrogens (tertiary/aromatic N) is 3. The zero-order valence-electron chi connectivity index (χ0n) is 10.2. The van der Waals surface area contributed by atoms with Gasteiger partial charge < -0.3 is 4.57 Å². The third kappa shape index (κ3) is 2.29. The molecule has 0 atom stereocenters. The average molecular weight is 243 g/mol. The molecule has 0 aliphatic carbocycles. The third-order valence-electron chi connectivity index (χ3n) is 2.72. The van der Waals surface area contributed by atoms with Crippen LogP contribution in [0.15, 0.2) is 36.7 Å². The molecule has 5 heteroatoms. The first kappa shape index (κ1) is 12.0. The van der Waals surface area contributed by atoms with E-state index in [2.05, 4.69) is 4.98 Å². The quantitative estimate of drug-likeness (QED) is 0.615. The molecule has 0 aliphatic rings. The lowest BCUT2D eigenvalue weighted by molar-refractivity contribution is -0.400. The third-order valence-corrected chi connectivity index (χ3v) is 2.72. The first-order chi connectivity index (χ1) is 8.59. The summed E-state index contributed by atoms with van der Waals surface area (Å²) in [5.74, 6) is 0.813. The Bertz CT molecular complexity index is 600. The average Bonchev–Trinajstić information content (AvgIpc) is 2.63. The lowest BCUT2D eigenvalue weighted by Gasteiger charge is -2.07. The van der Waals surface area contributed by atoms with E-state index < -0.39 is 4.92 Å². The highest BCUT2D eigenvalue weighted by Gasteiger charge is 2.09. The van der Waals surface area contributed by atoms with E-state index in [1.54, 1.807) is 6.20 Å². The molecular weight excluding hydrogens is 230 g/mol. The lowest BCUT2D eigenvalue weighted by Crippen LogP contribution is -2.01. The Kier molecular flexibility index (Phi) is 3.23. The Labute approximate surface area is 105 Å². The molecule has 0 saturated heterocycles. The molecule has 0 aromatic carbocycles. The molecule has 0 spiro atoms. The van der Waals surface area contributed by atoms with Crippen LogP contribution in [0.4, 0.5) is 0 Å². The molecule has 0 unspecified atom stereocenters. The summed E-state index contributed by atoms with van der Waals surface area (Å²) < 4.78 is 1.97. The van der Waals surface area contributed by atoms with E-state index >= 15 is 0 Å². The van der Waals surface area contributed by atoms with E-state index in [1.165, 1.54) is 6.08 Å². The van der Waals surface area contributed by atoms with Gasteiger partial charge in [0.25, 0.3) is 0 Å². The number of pyridine rings is 1. The topological polar surface area (TPSA) is 61.0 Å². The van der Waals surface area contributed by atoms with Crippen molar-refractivity contribution >= 4 is 6.08 Å². The molecule has 0 N–H and O–H groups in total. The molecule has 0 fully saturated rings. The maximum Gasteiger partial charge on any atom is 0.235 e. The molecule has 5 nitrogen and oxygen atoms in total. The molecular formula is C13H13N3O2. The zero-order chi connectivity index (χ0) is 13.1. The number of hydrogen-bond donors (Lipinski definition) is 0. The fraction of sp³-hybridized carbons (Fsp3) is 0.154. The van der Waals surface area contributed by atoms with Gasteiger partial charge in [0.15, 0.2) is 0 Å². The van der Waals surface area contributed by atoms with Crippen molar-refractivity contribution in [2.75, 3.05) is 0 Å². The van der Waals surface area contributed by atoms with Gasteiger partial charge in [-0.3, -0.25) is 10.1 Å². The molecule has 0 bridgehead atoms. The fourth-order valence-electron chi connectivity index (χ4n) is 1.94. The monoisotopic (exact) mass is 243 g/mol. The molecule has 0 aliphatic heterocycles. The summed E-state index contributed by atoms with van der Waals surface area (Å²) in [6.07, 6.45) is 4.17. The smallest absolute Gasteiger partial charge is 0.235 e. The minimum absolute atomic E-state index is 0.465. The van der Waals surface area contributed by atoms with Crippen LogP contribution in [-0.2, 0) is 0 Å². The maximum atomic E-state index is 10.3. The molecule has 92 valence electrons. The maximum absolute atomic E-state index is 10.3. The van der Waals surface area contributed by atoms with Crippen molar-refractivity contribution in [2.45, 2.75) is 13.8 Å². The van der Waals surface area contributed by atoms with Gasteiger partial charge in [0.05, 0.1) is 4.92 Å². The van der Waals surface area contributed by atoms with Crippen LogP contribution in [0.25, 0.3) is 11.9 Å². The molecule has 2 aromatic rings. The van der Waals surface area contributed by atoms with E-state index in [-0.39, 0.29) is 0 Å². The SMILES string of the molecule is Cc1cc(/C=C/[N+](=O)[O-])c(C)n1-c1ccccn1. The normalized spacial score (nSPS) is 11.0.